The summed E-state index contributed by atoms with van der Waals surface area (Å²) in [7, 11) is 1.51. The molecule has 9 heteroatoms. The van der Waals surface area contributed by atoms with Gasteiger partial charge in [0.2, 0.25) is 5.95 Å². The summed E-state index contributed by atoms with van der Waals surface area (Å²) in [5.74, 6) is 0.118. The zero-order chi connectivity index (χ0) is 16.0. The summed E-state index contributed by atoms with van der Waals surface area (Å²) in [6.07, 6.45) is 0. The van der Waals surface area contributed by atoms with Gasteiger partial charge in [-0.25, -0.2) is 4.79 Å². The van der Waals surface area contributed by atoms with Gasteiger partial charge in [0.1, 0.15) is 0 Å². The van der Waals surface area contributed by atoms with Crippen molar-refractivity contribution in [3.8, 4) is 0 Å². The monoisotopic (exact) mass is 339 g/mol. The van der Waals surface area contributed by atoms with E-state index in [4.69, 9.17) is 28.9 Å². The maximum atomic E-state index is 12.1. The number of imidazole rings is 1. The standard InChI is InChI=1S/C13H11Cl2N5O2/c1-19-10-9(11(21)18-13(19)22)20(12(16)17-10)5-6-2-3-7(14)4-8(6)15/h2-4H,5H2,1H3,(H2,16,17)(H,18,21,22). The lowest BCUT2D eigenvalue weighted by Gasteiger charge is -2.08. The summed E-state index contributed by atoms with van der Waals surface area (Å²) < 4.78 is 2.73. The highest BCUT2D eigenvalue weighted by atomic mass is 35.5. The van der Waals surface area contributed by atoms with Crippen LogP contribution in [0, 0.1) is 0 Å². The molecule has 1 aromatic carbocycles. The summed E-state index contributed by atoms with van der Waals surface area (Å²) >= 11 is 12.0. The third-order valence-electron chi connectivity index (χ3n) is 3.38. The molecule has 2 aromatic heterocycles. The molecule has 0 unspecified atom stereocenters. The third kappa shape index (κ3) is 2.28. The molecule has 0 saturated carbocycles. The summed E-state index contributed by atoms with van der Waals surface area (Å²) in [5, 5.41) is 0.965. The van der Waals surface area contributed by atoms with E-state index in [-0.39, 0.29) is 23.7 Å². The number of halogens is 2. The highest BCUT2D eigenvalue weighted by Crippen LogP contribution is 2.23. The maximum absolute atomic E-state index is 12.1. The number of aromatic amines is 1. The SMILES string of the molecule is Cn1c(=O)[nH]c(=O)c2c1nc(N)n2Cc1ccc(Cl)cc1Cl. The maximum Gasteiger partial charge on any atom is 0.329 e. The minimum Gasteiger partial charge on any atom is -0.369 e. The molecule has 0 saturated heterocycles. The predicted molar refractivity (Wildman–Crippen MR) is 85.6 cm³/mol. The molecule has 0 amide bonds. The molecule has 3 rings (SSSR count). The molecule has 0 bridgehead atoms. The Labute approximate surface area is 133 Å². The topological polar surface area (TPSA) is 98.7 Å². The first-order valence-corrected chi connectivity index (χ1v) is 7.03. The lowest BCUT2D eigenvalue weighted by Crippen LogP contribution is -2.29. The summed E-state index contributed by atoms with van der Waals surface area (Å²) in [5.41, 5.74) is 5.94. The highest BCUT2D eigenvalue weighted by Gasteiger charge is 2.16. The van der Waals surface area contributed by atoms with Gasteiger partial charge in [0.25, 0.3) is 5.56 Å². The molecule has 2 heterocycles. The van der Waals surface area contributed by atoms with Gasteiger partial charge in [-0.1, -0.05) is 29.3 Å². The first-order chi connectivity index (χ1) is 10.4. The molecule has 22 heavy (non-hydrogen) atoms. The Balaban J connectivity index is 2.23. The van der Waals surface area contributed by atoms with Gasteiger partial charge in [-0.05, 0) is 17.7 Å². The highest BCUT2D eigenvalue weighted by molar-refractivity contribution is 6.35. The van der Waals surface area contributed by atoms with E-state index >= 15 is 0 Å². The van der Waals surface area contributed by atoms with E-state index in [0.29, 0.717) is 10.0 Å². The van der Waals surface area contributed by atoms with Gasteiger partial charge in [0, 0.05) is 17.1 Å². The van der Waals surface area contributed by atoms with Crippen molar-refractivity contribution >= 4 is 40.3 Å². The molecule has 3 N–H and O–H groups in total. The number of aryl methyl sites for hydroxylation is 1. The van der Waals surface area contributed by atoms with Gasteiger partial charge >= 0.3 is 5.69 Å². The van der Waals surface area contributed by atoms with Crippen LogP contribution in [0.25, 0.3) is 11.2 Å². The minimum atomic E-state index is -0.549. The average Bonchev–Trinajstić information content (AvgIpc) is 2.77. The van der Waals surface area contributed by atoms with Crippen molar-refractivity contribution in [3.05, 3.63) is 54.6 Å². The smallest absolute Gasteiger partial charge is 0.329 e. The second-order valence-corrected chi connectivity index (χ2v) is 5.63. The van der Waals surface area contributed by atoms with Crippen molar-refractivity contribution in [2.45, 2.75) is 6.54 Å². The second kappa shape index (κ2) is 5.19. The number of fused-ring (bicyclic) bond motifs is 1. The number of hydrogen-bond acceptors (Lipinski definition) is 4. The van der Waals surface area contributed by atoms with Crippen LogP contribution in [0.1, 0.15) is 5.56 Å². The van der Waals surface area contributed by atoms with Crippen LogP contribution in [0.2, 0.25) is 10.0 Å². The van der Waals surface area contributed by atoms with Crippen LogP contribution < -0.4 is 17.0 Å². The molecule has 0 atom stereocenters. The summed E-state index contributed by atoms with van der Waals surface area (Å²) in [4.78, 5) is 30.0. The van der Waals surface area contributed by atoms with E-state index in [0.717, 1.165) is 5.56 Å². The Kier molecular flexibility index (Phi) is 3.46. The number of nitrogens with two attached hydrogens (primary N) is 1. The number of nitrogens with zero attached hydrogens (tertiary/aromatic N) is 3. The number of H-pyrrole nitrogens is 1. The number of nitrogen functional groups attached to an aromatic ring is 1. The van der Waals surface area contributed by atoms with E-state index in [1.165, 1.54) is 16.2 Å². The fourth-order valence-electron chi connectivity index (χ4n) is 2.23. The average molecular weight is 340 g/mol. The van der Waals surface area contributed by atoms with Crippen molar-refractivity contribution in [3.63, 3.8) is 0 Å². The molecular weight excluding hydrogens is 329 g/mol. The summed E-state index contributed by atoms with van der Waals surface area (Å²) in [6, 6.07) is 5.04. The molecule has 0 aliphatic heterocycles. The number of anilines is 1. The molecule has 0 radical (unpaired) electrons. The lowest BCUT2D eigenvalue weighted by atomic mass is 10.2. The number of rotatable bonds is 2. The van der Waals surface area contributed by atoms with Crippen molar-refractivity contribution in [1.29, 1.82) is 0 Å². The van der Waals surface area contributed by atoms with Crippen LogP contribution in [-0.2, 0) is 13.6 Å². The molecule has 0 fully saturated rings. The van der Waals surface area contributed by atoms with Gasteiger partial charge in [-0.2, -0.15) is 4.98 Å². The first kappa shape index (κ1) is 14.7. The third-order valence-corrected chi connectivity index (χ3v) is 3.97. The normalized spacial score (nSPS) is 11.2. The zero-order valence-corrected chi connectivity index (χ0v) is 12.9. The van der Waals surface area contributed by atoms with Crippen molar-refractivity contribution in [2.24, 2.45) is 7.05 Å². The summed E-state index contributed by atoms with van der Waals surface area (Å²) in [6.45, 7) is 0.236. The number of aromatic nitrogens is 4. The Morgan fingerprint density at radius 1 is 1.32 bits per heavy atom. The first-order valence-electron chi connectivity index (χ1n) is 6.27. The Morgan fingerprint density at radius 3 is 2.73 bits per heavy atom. The van der Waals surface area contributed by atoms with Crippen LogP contribution in [-0.4, -0.2) is 19.1 Å². The van der Waals surface area contributed by atoms with Gasteiger partial charge in [0.05, 0.1) is 6.54 Å². The molecule has 0 aliphatic rings. The van der Waals surface area contributed by atoms with E-state index in [1.807, 2.05) is 0 Å². The van der Waals surface area contributed by atoms with Crippen LogP contribution in [0.15, 0.2) is 27.8 Å². The fourth-order valence-corrected chi connectivity index (χ4v) is 2.70. The molecule has 0 spiro atoms. The second-order valence-electron chi connectivity index (χ2n) is 4.78. The minimum absolute atomic E-state index is 0.118. The quantitative estimate of drug-likeness (QED) is 0.736. The van der Waals surface area contributed by atoms with Crippen LogP contribution in [0.4, 0.5) is 5.95 Å². The van der Waals surface area contributed by atoms with Gasteiger partial charge in [-0.3, -0.25) is 14.3 Å². The Morgan fingerprint density at radius 2 is 2.05 bits per heavy atom. The van der Waals surface area contributed by atoms with E-state index in [1.54, 1.807) is 18.2 Å². The molecule has 0 aliphatic carbocycles. The predicted octanol–water partition coefficient (Wildman–Crippen LogP) is 1.36. The lowest BCUT2D eigenvalue weighted by molar-refractivity contribution is 0.812. The van der Waals surface area contributed by atoms with E-state index in [9.17, 15) is 9.59 Å². The van der Waals surface area contributed by atoms with Gasteiger partial charge in [0.15, 0.2) is 11.2 Å². The van der Waals surface area contributed by atoms with Crippen molar-refractivity contribution < 1.29 is 0 Å². The van der Waals surface area contributed by atoms with Crippen LogP contribution >= 0.6 is 23.2 Å². The fraction of sp³-hybridized carbons (Fsp3) is 0.154. The number of benzene rings is 1. The Bertz CT molecular complexity index is 1000. The number of nitrogens with one attached hydrogen (secondary N) is 1. The number of hydrogen-bond donors (Lipinski definition) is 2. The molecule has 114 valence electrons. The molecule has 7 nitrogen and oxygen atoms in total. The van der Waals surface area contributed by atoms with E-state index < -0.39 is 11.2 Å². The van der Waals surface area contributed by atoms with Crippen LogP contribution in [0.3, 0.4) is 0 Å². The van der Waals surface area contributed by atoms with Crippen molar-refractivity contribution in [2.75, 3.05) is 5.73 Å². The Hall–Kier alpha value is -2.25. The van der Waals surface area contributed by atoms with Gasteiger partial charge in [-0.15, -0.1) is 0 Å². The largest absolute Gasteiger partial charge is 0.369 e. The van der Waals surface area contributed by atoms with Crippen LogP contribution in [0.5, 0.6) is 0 Å². The zero-order valence-electron chi connectivity index (χ0n) is 11.4. The molecule has 3 aromatic rings. The van der Waals surface area contributed by atoms with Crippen molar-refractivity contribution in [1.82, 2.24) is 19.1 Å². The van der Waals surface area contributed by atoms with E-state index in [2.05, 4.69) is 9.97 Å². The van der Waals surface area contributed by atoms with Gasteiger partial charge < -0.3 is 10.3 Å². The molecular formula is C13H11Cl2N5O2.